The molecule has 6 aromatic rings. The van der Waals surface area contributed by atoms with Crippen molar-refractivity contribution >= 4 is 103 Å². The zero-order valence-electron chi connectivity index (χ0n) is 19.7. The van der Waals surface area contributed by atoms with E-state index in [1.54, 1.807) is 12.1 Å². The number of halogens is 7. The number of para-hydroxylation sites is 2. The summed E-state index contributed by atoms with van der Waals surface area (Å²) >= 11 is 47.1. The van der Waals surface area contributed by atoms with Gasteiger partial charge in [0.25, 0.3) is 0 Å². The minimum absolute atomic E-state index is 0.313. The Hall–Kier alpha value is -2.14. The van der Waals surface area contributed by atoms with Crippen molar-refractivity contribution in [2.75, 3.05) is 0 Å². The van der Waals surface area contributed by atoms with Gasteiger partial charge in [0.2, 0.25) is 0 Å². The van der Waals surface area contributed by atoms with Crippen LogP contribution in [0.15, 0.2) is 85.2 Å². The van der Waals surface area contributed by atoms with Crippen molar-refractivity contribution in [2.24, 2.45) is 0 Å². The number of benzene rings is 4. The molecule has 0 bridgehead atoms. The van der Waals surface area contributed by atoms with Gasteiger partial charge in [0, 0.05) is 76.6 Å². The number of nitrogens with zero attached hydrogens (tertiary/aromatic N) is 2. The van der Waals surface area contributed by atoms with E-state index in [1.807, 2.05) is 36.4 Å². The van der Waals surface area contributed by atoms with E-state index in [4.69, 9.17) is 81.2 Å². The summed E-state index contributed by atoms with van der Waals surface area (Å²) in [5.74, 6) is -0.711. The average Bonchev–Trinajstić information content (AvgIpc) is 3.22. The van der Waals surface area contributed by atoms with E-state index in [0.717, 1.165) is 27.5 Å². The minimum Gasteiger partial charge on any atom is -0.309 e. The Labute approximate surface area is 259 Å². The summed E-state index contributed by atoms with van der Waals surface area (Å²) in [6, 6.07) is 23.3. The van der Waals surface area contributed by atoms with Gasteiger partial charge in [0.05, 0.1) is 21.1 Å². The van der Waals surface area contributed by atoms with Crippen molar-refractivity contribution in [1.29, 1.82) is 0 Å². The summed E-state index contributed by atoms with van der Waals surface area (Å²) < 4.78 is 2.13. The molecule has 39 heavy (non-hydrogen) atoms. The molecule has 6 rings (SSSR count). The van der Waals surface area contributed by atoms with Crippen molar-refractivity contribution in [3.8, 4) is 5.69 Å². The maximum Gasteiger partial charge on any atom is 0.0645 e. The van der Waals surface area contributed by atoms with Gasteiger partial charge in [-0.3, -0.25) is 4.98 Å². The van der Waals surface area contributed by atoms with Crippen LogP contribution in [0.1, 0.15) is 22.6 Å². The Kier molecular flexibility index (Phi) is 7.41. The molecule has 0 amide bonds. The molecule has 0 aliphatic carbocycles. The highest BCUT2D eigenvalue weighted by atomic mass is 35.5. The highest BCUT2D eigenvalue weighted by molar-refractivity contribution is 6.41. The average molecular weight is 652 g/mol. The van der Waals surface area contributed by atoms with Gasteiger partial charge in [-0.25, -0.2) is 0 Å². The van der Waals surface area contributed by atoms with Crippen LogP contribution in [0.3, 0.4) is 0 Å². The Morgan fingerprint density at radius 1 is 0.513 bits per heavy atom. The molecular formula is C30H15Cl7N2. The highest BCUT2D eigenvalue weighted by Crippen LogP contribution is 2.50. The molecule has 2 heterocycles. The molecule has 2 aromatic heterocycles. The Bertz CT molecular complexity index is 1790. The van der Waals surface area contributed by atoms with Crippen molar-refractivity contribution in [1.82, 2.24) is 9.55 Å². The number of hydrogen-bond acceptors (Lipinski definition) is 1. The maximum absolute atomic E-state index is 7.08. The smallest absolute Gasteiger partial charge is 0.0645 e. The Balaban J connectivity index is 1.65. The second-order valence-corrected chi connectivity index (χ2v) is 11.8. The van der Waals surface area contributed by atoms with Crippen LogP contribution in [0.4, 0.5) is 0 Å². The summed E-state index contributed by atoms with van der Waals surface area (Å²) in [5.41, 5.74) is 4.44. The topological polar surface area (TPSA) is 17.8 Å². The second kappa shape index (κ2) is 10.7. The van der Waals surface area contributed by atoms with Gasteiger partial charge in [-0.2, -0.15) is 0 Å². The molecule has 0 N–H and O–H groups in total. The summed E-state index contributed by atoms with van der Waals surface area (Å²) in [4.78, 5) is 4.10. The molecule has 1 unspecified atom stereocenters. The van der Waals surface area contributed by atoms with E-state index in [9.17, 15) is 0 Å². The number of hydrogen-bond donors (Lipinski definition) is 0. The molecule has 1 atom stereocenters. The third-order valence-electron chi connectivity index (χ3n) is 6.70. The fraction of sp³-hybridized carbons (Fsp3) is 0.0333. The van der Waals surface area contributed by atoms with Gasteiger partial charge in [-0.1, -0.05) is 118 Å². The lowest BCUT2D eigenvalue weighted by atomic mass is 9.85. The molecule has 9 heteroatoms. The number of fused-ring (bicyclic) bond motifs is 3. The third kappa shape index (κ3) is 4.67. The molecule has 0 radical (unpaired) electrons. The van der Waals surface area contributed by atoms with Gasteiger partial charge in [0.15, 0.2) is 0 Å². The van der Waals surface area contributed by atoms with E-state index >= 15 is 0 Å². The molecule has 0 fully saturated rings. The monoisotopic (exact) mass is 648 g/mol. The second-order valence-electron chi connectivity index (χ2n) is 8.93. The van der Waals surface area contributed by atoms with Crippen molar-refractivity contribution in [3.05, 3.63) is 137 Å². The first-order valence-corrected chi connectivity index (χ1v) is 14.3. The maximum atomic E-state index is 7.08. The van der Waals surface area contributed by atoms with Crippen LogP contribution in [-0.4, -0.2) is 9.55 Å². The SMILES string of the molecule is Clc1cc(Cl)c(C(c2c(Cl)cncc2Cl)c2c(Cl)cc(-n3c4ccccc4c4ccccc43)cc2Cl)c(Cl)c1. The first-order valence-electron chi connectivity index (χ1n) is 11.7. The van der Waals surface area contributed by atoms with Crippen LogP contribution in [0.5, 0.6) is 0 Å². The standard InChI is InChI=1S/C30H15Cl7N2/c31-15-9-19(32)27(20(33)10-15)30(29-23(36)13-38-14-24(29)37)28-21(34)11-16(12-22(28)35)39-25-7-3-1-5-17(25)18-6-2-4-8-26(18)39/h1-14,30H. The van der Waals surface area contributed by atoms with Crippen LogP contribution >= 0.6 is 81.2 Å². The predicted octanol–water partition coefficient (Wildman–Crippen LogP) is 11.9. The zero-order valence-corrected chi connectivity index (χ0v) is 25.0. The molecular weight excluding hydrogens is 637 g/mol. The summed E-state index contributed by atoms with van der Waals surface area (Å²) in [7, 11) is 0. The van der Waals surface area contributed by atoms with E-state index in [2.05, 4.69) is 33.8 Å². The van der Waals surface area contributed by atoms with E-state index in [-0.39, 0.29) is 0 Å². The van der Waals surface area contributed by atoms with Crippen LogP contribution in [0.2, 0.25) is 35.2 Å². The number of rotatable bonds is 4. The van der Waals surface area contributed by atoms with Gasteiger partial charge < -0.3 is 4.57 Å². The fourth-order valence-corrected chi connectivity index (χ4v) is 7.45. The molecule has 0 aliphatic rings. The lowest BCUT2D eigenvalue weighted by Crippen LogP contribution is -2.09. The molecule has 194 valence electrons. The molecule has 2 nitrogen and oxygen atoms in total. The lowest BCUT2D eigenvalue weighted by molar-refractivity contribution is 0.969. The molecule has 4 aromatic carbocycles. The van der Waals surface area contributed by atoms with Crippen molar-refractivity contribution < 1.29 is 0 Å². The normalized spacial score (nSPS) is 12.4. The van der Waals surface area contributed by atoms with Gasteiger partial charge >= 0.3 is 0 Å². The van der Waals surface area contributed by atoms with Crippen molar-refractivity contribution in [2.45, 2.75) is 5.92 Å². The molecule has 0 saturated heterocycles. The van der Waals surface area contributed by atoms with E-state index in [1.165, 1.54) is 12.4 Å². The van der Waals surface area contributed by atoms with Crippen molar-refractivity contribution in [3.63, 3.8) is 0 Å². The predicted molar refractivity (Wildman–Crippen MR) is 167 cm³/mol. The first-order chi connectivity index (χ1) is 18.8. The molecule has 0 saturated carbocycles. The van der Waals surface area contributed by atoms with Crippen LogP contribution in [0, 0.1) is 0 Å². The number of aromatic nitrogens is 2. The molecule has 0 aliphatic heterocycles. The van der Waals surface area contributed by atoms with E-state index in [0.29, 0.717) is 51.8 Å². The largest absolute Gasteiger partial charge is 0.309 e. The van der Waals surface area contributed by atoms with E-state index < -0.39 is 5.92 Å². The lowest BCUT2D eigenvalue weighted by Gasteiger charge is -2.26. The first kappa shape index (κ1) is 27.1. The van der Waals surface area contributed by atoms with Gasteiger partial charge in [-0.05, 0) is 36.4 Å². The summed E-state index contributed by atoms with van der Waals surface area (Å²) in [6.45, 7) is 0. The highest BCUT2D eigenvalue weighted by Gasteiger charge is 2.31. The van der Waals surface area contributed by atoms with Crippen LogP contribution in [-0.2, 0) is 0 Å². The third-order valence-corrected chi connectivity index (χ3v) is 8.77. The summed E-state index contributed by atoms with van der Waals surface area (Å²) in [5, 5.41) is 4.67. The van der Waals surface area contributed by atoms with Gasteiger partial charge in [-0.15, -0.1) is 0 Å². The Morgan fingerprint density at radius 3 is 1.41 bits per heavy atom. The number of pyridine rings is 1. The quantitative estimate of drug-likeness (QED) is 0.185. The van der Waals surface area contributed by atoms with Crippen LogP contribution < -0.4 is 0 Å². The van der Waals surface area contributed by atoms with Gasteiger partial charge in [0.1, 0.15) is 0 Å². The Morgan fingerprint density at radius 2 is 0.923 bits per heavy atom. The minimum atomic E-state index is -0.711. The zero-order chi connectivity index (χ0) is 27.4. The molecule has 0 spiro atoms. The van der Waals surface area contributed by atoms with Crippen LogP contribution in [0.25, 0.3) is 27.5 Å². The fourth-order valence-electron chi connectivity index (χ4n) is 5.14. The summed E-state index contributed by atoms with van der Waals surface area (Å²) in [6.07, 6.45) is 3.00.